The minimum atomic E-state index is -1.13. The fourth-order valence-corrected chi connectivity index (χ4v) is 7.71. The Morgan fingerprint density at radius 3 is 2.60 bits per heavy atom. The number of aromatic nitrogens is 4. The third-order valence-corrected chi connectivity index (χ3v) is 10.5. The van der Waals surface area contributed by atoms with Crippen LogP contribution in [0.2, 0.25) is 0 Å². The summed E-state index contributed by atoms with van der Waals surface area (Å²) < 4.78 is 25.2. The average molecular weight is 649 g/mol. The predicted octanol–water partition coefficient (Wildman–Crippen LogP) is 4.76. The van der Waals surface area contributed by atoms with E-state index >= 15 is 0 Å². The molecule has 5 aromatic rings. The Morgan fingerprint density at radius 2 is 1.83 bits per heavy atom. The number of piperidine rings is 1. The number of rotatable bonds is 9. The van der Waals surface area contributed by atoms with Crippen LogP contribution in [0.15, 0.2) is 60.9 Å². The molecule has 1 aliphatic carbocycles. The standard InChI is InChI=1S/C37H41FN8O2/c1-48-34-11-25(37(47)44-20-27(38)12-28(39)21-44)9-30-35(34)46(19-23-16-43(17-23)29-8-26(13-40-14-29)31-15-41-31)36(42-30)33-10-24-4-2-3-5-32(24)45(33)18-22-6-7-22/h2-5,8-11,13-14,22-23,27-28,31,41H,6-7,12,15-21,39H2,1H3/t27-,28-,31?/m1/s1. The van der Waals surface area contributed by atoms with Crippen LogP contribution in [0.4, 0.5) is 10.1 Å². The summed E-state index contributed by atoms with van der Waals surface area (Å²) in [5.74, 6) is 2.26. The summed E-state index contributed by atoms with van der Waals surface area (Å²) in [6.45, 7) is 4.90. The minimum Gasteiger partial charge on any atom is -0.494 e. The Labute approximate surface area is 278 Å². The number of anilines is 1. The molecule has 3 saturated heterocycles. The second-order valence-corrected chi connectivity index (χ2v) is 14.2. The molecule has 3 aromatic heterocycles. The van der Waals surface area contributed by atoms with Crippen molar-refractivity contribution in [3.05, 3.63) is 72.1 Å². The van der Waals surface area contributed by atoms with Gasteiger partial charge in [0.05, 0.1) is 36.7 Å². The first-order valence-corrected chi connectivity index (χ1v) is 17.2. The van der Waals surface area contributed by atoms with E-state index < -0.39 is 6.17 Å². The van der Waals surface area contributed by atoms with Crippen molar-refractivity contribution < 1.29 is 13.9 Å². The zero-order chi connectivity index (χ0) is 32.5. The maximum absolute atomic E-state index is 14.5. The number of fused-ring (bicyclic) bond motifs is 2. The van der Waals surface area contributed by atoms with Crippen molar-refractivity contribution in [1.82, 2.24) is 29.3 Å². The molecule has 3 aliphatic heterocycles. The number of halogens is 1. The van der Waals surface area contributed by atoms with Crippen LogP contribution in [0.5, 0.6) is 5.75 Å². The molecule has 4 aliphatic rings. The van der Waals surface area contributed by atoms with E-state index in [2.05, 4.69) is 60.7 Å². The fourth-order valence-electron chi connectivity index (χ4n) is 7.71. The highest BCUT2D eigenvalue weighted by atomic mass is 19.1. The second-order valence-electron chi connectivity index (χ2n) is 14.2. The van der Waals surface area contributed by atoms with Gasteiger partial charge in [-0.2, -0.15) is 0 Å². The third-order valence-electron chi connectivity index (χ3n) is 10.5. The maximum atomic E-state index is 14.5. The molecule has 3 N–H and O–H groups in total. The molecule has 6 heterocycles. The highest BCUT2D eigenvalue weighted by Gasteiger charge is 2.34. The van der Waals surface area contributed by atoms with Crippen molar-refractivity contribution in [2.24, 2.45) is 17.6 Å². The summed E-state index contributed by atoms with van der Waals surface area (Å²) in [5, 5.41) is 4.56. The van der Waals surface area contributed by atoms with Gasteiger partial charge >= 0.3 is 0 Å². The molecule has 1 unspecified atom stereocenters. The lowest BCUT2D eigenvalue weighted by molar-refractivity contribution is 0.0606. The van der Waals surface area contributed by atoms with E-state index in [1.807, 2.05) is 18.5 Å². The molecule has 11 heteroatoms. The molecule has 0 radical (unpaired) electrons. The number of hydrogen-bond donors (Lipinski definition) is 2. The van der Waals surface area contributed by atoms with Gasteiger partial charge in [0.2, 0.25) is 0 Å². The molecule has 4 fully saturated rings. The molecule has 1 amide bonds. The molecular weight excluding hydrogens is 607 g/mol. The predicted molar refractivity (Wildman–Crippen MR) is 184 cm³/mol. The van der Waals surface area contributed by atoms with E-state index in [0.717, 1.165) is 55.4 Å². The lowest BCUT2D eigenvalue weighted by Crippen LogP contribution is -2.50. The Morgan fingerprint density at radius 1 is 1.02 bits per heavy atom. The zero-order valence-electron chi connectivity index (χ0n) is 27.2. The number of imidazole rings is 1. The smallest absolute Gasteiger partial charge is 0.254 e. The highest BCUT2D eigenvalue weighted by Crippen LogP contribution is 2.40. The monoisotopic (exact) mass is 648 g/mol. The largest absolute Gasteiger partial charge is 0.494 e. The molecule has 1 saturated carbocycles. The molecule has 9 rings (SSSR count). The van der Waals surface area contributed by atoms with Crippen molar-refractivity contribution in [3.8, 4) is 17.3 Å². The number of amides is 1. The molecule has 0 spiro atoms. The number of nitrogens with zero attached hydrogens (tertiary/aromatic N) is 6. The van der Waals surface area contributed by atoms with Gasteiger partial charge in [0, 0.05) is 79.9 Å². The van der Waals surface area contributed by atoms with Crippen molar-refractivity contribution in [3.63, 3.8) is 0 Å². The van der Waals surface area contributed by atoms with Gasteiger partial charge in [-0.1, -0.05) is 18.2 Å². The number of nitrogens with two attached hydrogens (primary N) is 1. The molecule has 2 aromatic carbocycles. The first-order valence-electron chi connectivity index (χ1n) is 17.2. The summed E-state index contributed by atoms with van der Waals surface area (Å²) in [4.78, 5) is 27.4. The van der Waals surface area contributed by atoms with Crippen molar-refractivity contribution in [2.45, 2.75) is 50.6 Å². The van der Waals surface area contributed by atoms with Gasteiger partial charge in [0.25, 0.3) is 5.91 Å². The summed E-state index contributed by atoms with van der Waals surface area (Å²) >= 11 is 0. The van der Waals surface area contributed by atoms with Gasteiger partial charge < -0.3 is 34.7 Å². The lowest BCUT2D eigenvalue weighted by Gasteiger charge is -2.41. The Kier molecular flexibility index (Phi) is 7.16. The van der Waals surface area contributed by atoms with Crippen molar-refractivity contribution >= 4 is 33.5 Å². The second kappa shape index (κ2) is 11.6. The number of methoxy groups -OCH3 is 1. The summed E-state index contributed by atoms with van der Waals surface area (Å²) in [6.07, 6.45) is 5.54. The van der Waals surface area contributed by atoms with E-state index in [-0.39, 0.29) is 24.9 Å². The lowest BCUT2D eigenvalue weighted by atomic mass is 9.98. The molecule has 48 heavy (non-hydrogen) atoms. The van der Waals surface area contributed by atoms with Crippen LogP contribution in [0, 0.1) is 11.8 Å². The van der Waals surface area contributed by atoms with E-state index in [4.69, 9.17) is 15.5 Å². The number of ether oxygens (including phenoxy) is 1. The van der Waals surface area contributed by atoms with Gasteiger partial charge in [-0.3, -0.25) is 9.78 Å². The van der Waals surface area contributed by atoms with E-state index in [9.17, 15) is 9.18 Å². The average Bonchev–Trinajstić information content (AvgIpc) is 4.01. The topological polar surface area (TPSA) is 116 Å². The molecular formula is C37H41FN8O2. The number of pyridine rings is 1. The SMILES string of the molecule is COc1cc(C(=O)N2C[C@H](N)C[C@@H](F)C2)cc2nc(-c3cc4ccccc4n3CC3CC3)n(CC3CN(c4cncc(C5CN5)c4)C3)c12. The number of carbonyl (C=O) groups excluding carboxylic acids is 1. The van der Waals surface area contributed by atoms with Crippen LogP contribution in [0.25, 0.3) is 33.5 Å². The van der Waals surface area contributed by atoms with Crippen LogP contribution < -0.4 is 20.7 Å². The Bertz CT molecular complexity index is 2010. The molecule has 3 atom stereocenters. The van der Waals surface area contributed by atoms with Gasteiger partial charge in [-0.25, -0.2) is 9.37 Å². The Balaban J connectivity index is 1.11. The first kappa shape index (κ1) is 29.6. The van der Waals surface area contributed by atoms with Crippen LogP contribution in [0.1, 0.15) is 41.2 Å². The zero-order valence-corrected chi connectivity index (χ0v) is 27.2. The first-order chi connectivity index (χ1) is 23.4. The maximum Gasteiger partial charge on any atom is 0.254 e. The number of para-hydroxylation sites is 1. The summed E-state index contributed by atoms with van der Waals surface area (Å²) in [6, 6.07) is 16.7. The molecule has 10 nitrogen and oxygen atoms in total. The normalized spacial score (nSPS) is 22.8. The van der Waals surface area contributed by atoms with Crippen molar-refractivity contribution in [2.75, 3.05) is 44.7 Å². The van der Waals surface area contributed by atoms with Gasteiger partial charge in [-0.05, 0) is 61.1 Å². The van der Waals surface area contributed by atoms with E-state index in [1.54, 1.807) is 13.2 Å². The molecule has 0 bridgehead atoms. The minimum absolute atomic E-state index is 0.0433. The van der Waals surface area contributed by atoms with Gasteiger partial charge in [0.15, 0.2) is 5.82 Å². The quantitative estimate of drug-likeness (QED) is 0.222. The van der Waals surface area contributed by atoms with Crippen molar-refractivity contribution in [1.29, 1.82) is 0 Å². The fraction of sp³-hybridized carbons (Fsp3) is 0.432. The number of nitrogens with one attached hydrogen (secondary N) is 1. The van der Waals surface area contributed by atoms with Crippen LogP contribution in [-0.2, 0) is 13.1 Å². The number of hydrogen-bond acceptors (Lipinski definition) is 7. The number of carbonyl (C=O) groups is 1. The van der Waals surface area contributed by atoms with Crippen LogP contribution in [0.3, 0.4) is 0 Å². The van der Waals surface area contributed by atoms with Crippen LogP contribution >= 0.6 is 0 Å². The summed E-state index contributed by atoms with van der Waals surface area (Å²) in [7, 11) is 1.64. The van der Waals surface area contributed by atoms with Gasteiger partial charge in [0.1, 0.15) is 17.4 Å². The molecule has 248 valence electrons. The third kappa shape index (κ3) is 5.38. The van der Waals surface area contributed by atoms with E-state index in [0.29, 0.717) is 41.3 Å². The number of likely N-dealkylation sites (tertiary alicyclic amines) is 1. The number of alkyl halides is 1. The van der Waals surface area contributed by atoms with Gasteiger partial charge in [-0.15, -0.1) is 0 Å². The summed E-state index contributed by atoms with van der Waals surface area (Å²) in [5.41, 5.74) is 12.8. The Hall–Kier alpha value is -4.48. The van der Waals surface area contributed by atoms with E-state index in [1.165, 1.54) is 34.2 Å². The highest BCUT2D eigenvalue weighted by molar-refractivity contribution is 6.00. The number of benzene rings is 2. The van der Waals surface area contributed by atoms with Crippen LogP contribution in [-0.4, -0.2) is 82.0 Å².